The summed E-state index contributed by atoms with van der Waals surface area (Å²) in [5.74, 6) is -4.40. The number of nitrogens with one attached hydrogen (secondary N) is 2. The van der Waals surface area contributed by atoms with Crippen LogP contribution in [0.2, 0.25) is 0 Å². The smallest absolute Gasteiger partial charge is 0.477 e. The van der Waals surface area contributed by atoms with E-state index in [0.29, 0.717) is 11.2 Å². The van der Waals surface area contributed by atoms with Crippen LogP contribution in [-0.2, 0) is 4.79 Å². The number of halogens is 4. The number of anilines is 2. The number of hydrogen-bond donors (Lipinski definition) is 4. The van der Waals surface area contributed by atoms with Gasteiger partial charge in [-0.15, -0.1) is 0 Å². The summed E-state index contributed by atoms with van der Waals surface area (Å²) in [6.45, 7) is 0. The molecule has 0 aliphatic carbocycles. The first-order chi connectivity index (χ1) is 12.6. The number of H-pyrrole nitrogens is 1. The van der Waals surface area contributed by atoms with Crippen LogP contribution in [0.3, 0.4) is 0 Å². The second-order valence-corrected chi connectivity index (χ2v) is 5.01. The molecule has 0 atom stereocenters. The Morgan fingerprint density at radius 1 is 1.07 bits per heavy atom. The highest BCUT2D eigenvalue weighted by Gasteiger charge is 2.38. The molecule has 0 unspecified atom stereocenters. The van der Waals surface area contributed by atoms with Crippen molar-refractivity contribution in [2.45, 2.75) is 6.18 Å². The van der Waals surface area contributed by atoms with Gasteiger partial charge >= 0.3 is 18.1 Å². The van der Waals surface area contributed by atoms with Gasteiger partial charge in [0.05, 0.1) is 16.6 Å². The number of carboxylic acid groups (broad SMARTS) is 2. The lowest BCUT2D eigenvalue weighted by Gasteiger charge is -2.06. The predicted octanol–water partition coefficient (Wildman–Crippen LogP) is 3.78. The molecule has 0 bridgehead atoms. The molecule has 0 amide bonds. The van der Waals surface area contributed by atoms with Crippen LogP contribution in [0.25, 0.3) is 10.9 Å². The van der Waals surface area contributed by atoms with E-state index in [0.717, 1.165) is 0 Å². The van der Waals surface area contributed by atoms with Gasteiger partial charge in [-0.2, -0.15) is 13.2 Å². The molecular weight excluding hydrogens is 374 g/mol. The fraction of sp³-hybridized carbons (Fsp3) is 0.0625. The quantitative estimate of drug-likeness (QED) is 0.510. The molecular formula is C16H11F4N3O4. The van der Waals surface area contributed by atoms with E-state index in [-0.39, 0.29) is 16.8 Å². The first-order valence-corrected chi connectivity index (χ1v) is 7.12. The second-order valence-electron chi connectivity index (χ2n) is 5.01. The molecule has 4 N–H and O–H groups in total. The fourth-order valence-corrected chi connectivity index (χ4v) is 2.07. The molecule has 142 valence electrons. The molecule has 0 aliphatic rings. The highest BCUT2D eigenvalue weighted by Crippen LogP contribution is 2.32. The number of aromatic carboxylic acids is 1. The molecule has 0 saturated heterocycles. The molecule has 0 radical (unpaired) electrons. The van der Waals surface area contributed by atoms with E-state index in [1.807, 2.05) is 0 Å². The van der Waals surface area contributed by atoms with Crippen molar-refractivity contribution in [1.29, 1.82) is 0 Å². The highest BCUT2D eigenvalue weighted by atomic mass is 19.4. The molecule has 0 saturated carbocycles. The number of fused-ring (bicyclic) bond motifs is 1. The second kappa shape index (κ2) is 7.72. The number of benzene rings is 1. The zero-order valence-corrected chi connectivity index (χ0v) is 13.2. The van der Waals surface area contributed by atoms with E-state index >= 15 is 0 Å². The SMILES string of the molecule is O=C(O)C(F)(F)F.O=C(O)c1[nH]c2cccc(F)c2c1Nc1ccncc1. The van der Waals surface area contributed by atoms with Crippen LogP contribution in [0.4, 0.5) is 28.9 Å². The van der Waals surface area contributed by atoms with Gasteiger partial charge in [0, 0.05) is 18.1 Å². The highest BCUT2D eigenvalue weighted by molar-refractivity contribution is 6.06. The maximum Gasteiger partial charge on any atom is 0.490 e. The molecule has 7 nitrogen and oxygen atoms in total. The van der Waals surface area contributed by atoms with Crippen LogP contribution in [-0.4, -0.2) is 38.3 Å². The summed E-state index contributed by atoms with van der Waals surface area (Å²) >= 11 is 0. The first kappa shape index (κ1) is 19.7. The fourth-order valence-electron chi connectivity index (χ4n) is 2.07. The van der Waals surface area contributed by atoms with Gasteiger partial charge in [0.15, 0.2) is 0 Å². The molecule has 0 aliphatic heterocycles. The summed E-state index contributed by atoms with van der Waals surface area (Å²) < 4.78 is 45.7. The van der Waals surface area contributed by atoms with Crippen molar-refractivity contribution in [2.24, 2.45) is 0 Å². The van der Waals surface area contributed by atoms with E-state index in [1.54, 1.807) is 30.6 Å². The van der Waals surface area contributed by atoms with Crippen molar-refractivity contribution in [3.8, 4) is 0 Å². The van der Waals surface area contributed by atoms with Gasteiger partial charge in [0.25, 0.3) is 0 Å². The van der Waals surface area contributed by atoms with Crippen molar-refractivity contribution >= 4 is 34.2 Å². The minimum Gasteiger partial charge on any atom is -0.477 e. The minimum atomic E-state index is -5.08. The van der Waals surface area contributed by atoms with Gasteiger partial charge in [-0.25, -0.2) is 14.0 Å². The topological polar surface area (TPSA) is 115 Å². The standard InChI is InChI=1S/C14H10FN3O2.C2HF3O2/c15-9-2-1-3-10-11(9)12(13(18-10)14(19)20)17-8-4-6-16-7-5-8;3-2(4,5)1(6)7/h1-7,18H,(H,16,17)(H,19,20);(H,6,7). The third-order valence-electron chi connectivity index (χ3n) is 3.18. The number of rotatable bonds is 3. The van der Waals surface area contributed by atoms with Gasteiger partial charge in [0.2, 0.25) is 0 Å². The van der Waals surface area contributed by atoms with E-state index < -0.39 is 23.9 Å². The van der Waals surface area contributed by atoms with E-state index in [1.165, 1.54) is 12.1 Å². The minimum absolute atomic E-state index is 0.0816. The number of carboxylic acids is 2. The monoisotopic (exact) mass is 385 g/mol. The van der Waals surface area contributed by atoms with Crippen molar-refractivity contribution in [3.05, 3.63) is 54.2 Å². The molecule has 2 aromatic heterocycles. The van der Waals surface area contributed by atoms with Gasteiger partial charge < -0.3 is 20.5 Å². The van der Waals surface area contributed by atoms with E-state index in [2.05, 4.69) is 15.3 Å². The number of aliphatic carboxylic acids is 1. The number of alkyl halides is 3. The zero-order valence-electron chi connectivity index (χ0n) is 13.2. The third-order valence-corrected chi connectivity index (χ3v) is 3.18. The Bertz CT molecular complexity index is 971. The summed E-state index contributed by atoms with van der Waals surface area (Å²) in [5, 5.41) is 19.5. The molecule has 11 heteroatoms. The normalized spacial score (nSPS) is 10.8. The maximum absolute atomic E-state index is 14.0. The van der Waals surface area contributed by atoms with Crippen LogP contribution in [0.15, 0.2) is 42.7 Å². The number of aromatic nitrogens is 2. The number of pyridine rings is 1. The van der Waals surface area contributed by atoms with Crippen LogP contribution in [0.1, 0.15) is 10.5 Å². The lowest BCUT2D eigenvalue weighted by Crippen LogP contribution is -2.21. The Balaban J connectivity index is 0.000000321. The third kappa shape index (κ3) is 4.71. The maximum atomic E-state index is 14.0. The van der Waals surface area contributed by atoms with Crippen LogP contribution in [0, 0.1) is 5.82 Å². The summed E-state index contributed by atoms with van der Waals surface area (Å²) in [5.41, 5.74) is 1.18. The van der Waals surface area contributed by atoms with Crippen molar-refractivity contribution in [3.63, 3.8) is 0 Å². The van der Waals surface area contributed by atoms with Crippen LogP contribution >= 0.6 is 0 Å². The van der Waals surface area contributed by atoms with E-state index in [9.17, 15) is 27.5 Å². The van der Waals surface area contributed by atoms with Gasteiger partial charge in [0.1, 0.15) is 11.5 Å². The summed E-state index contributed by atoms with van der Waals surface area (Å²) in [4.78, 5) is 26.8. The number of nitrogens with zero attached hydrogens (tertiary/aromatic N) is 1. The Morgan fingerprint density at radius 2 is 1.67 bits per heavy atom. The average Bonchev–Trinajstić information content (AvgIpc) is 2.96. The van der Waals surface area contributed by atoms with Gasteiger partial charge in [-0.3, -0.25) is 4.98 Å². The van der Waals surface area contributed by atoms with Crippen molar-refractivity contribution in [1.82, 2.24) is 9.97 Å². The molecule has 1 aromatic carbocycles. The molecule has 3 rings (SSSR count). The Kier molecular flexibility index (Phi) is 5.63. The lowest BCUT2D eigenvalue weighted by molar-refractivity contribution is -0.192. The molecule has 27 heavy (non-hydrogen) atoms. The summed E-state index contributed by atoms with van der Waals surface area (Å²) in [6, 6.07) is 7.79. The van der Waals surface area contributed by atoms with Crippen molar-refractivity contribution in [2.75, 3.05) is 5.32 Å². The zero-order chi connectivity index (χ0) is 20.2. The molecule has 0 fully saturated rings. The van der Waals surface area contributed by atoms with Gasteiger partial charge in [-0.1, -0.05) is 6.07 Å². The Hall–Kier alpha value is -3.63. The summed E-state index contributed by atoms with van der Waals surface area (Å²) in [6.07, 6.45) is -1.96. The first-order valence-electron chi connectivity index (χ1n) is 7.12. The molecule has 2 heterocycles. The number of aromatic amines is 1. The van der Waals surface area contributed by atoms with Gasteiger partial charge in [-0.05, 0) is 24.3 Å². The lowest BCUT2D eigenvalue weighted by atomic mass is 10.2. The number of carbonyl (C=O) groups is 2. The Morgan fingerprint density at radius 3 is 2.19 bits per heavy atom. The van der Waals surface area contributed by atoms with Crippen molar-refractivity contribution < 1.29 is 37.4 Å². The van der Waals surface area contributed by atoms with E-state index in [4.69, 9.17) is 9.90 Å². The molecule has 3 aromatic rings. The summed E-state index contributed by atoms with van der Waals surface area (Å²) in [7, 11) is 0. The molecule has 0 spiro atoms. The average molecular weight is 385 g/mol. The Labute approximate surface area is 148 Å². The van der Waals surface area contributed by atoms with Crippen LogP contribution < -0.4 is 5.32 Å². The van der Waals surface area contributed by atoms with Crippen LogP contribution in [0.5, 0.6) is 0 Å². The largest absolute Gasteiger partial charge is 0.490 e. The number of hydrogen-bond acceptors (Lipinski definition) is 4. The predicted molar refractivity (Wildman–Crippen MR) is 86.4 cm³/mol.